The molecule has 8 heteroatoms. The van der Waals surface area contributed by atoms with Crippen LogP contribution in [0.3, 0.4) is 0 Å². The minimum absolute atomic E-state index is 0.0445. The summed E-state index contributed by atoms with van der Waals surface area (Å²) in [6, 6.07) is 4.04. The Morgan fingerprint density at radius 2 is 2.12 bits per heavy atom. The monoisotopic (exact) mass is 368 g/mol. The van der Waals surface area contributed by atoms with E-state index >= 15 is 0 Å². The average Bonchev–Trinajstić information content (AvgIpc) is 2.52. The van der Waals surface area contributed by atoms with Gasteiger partial charge in [-0.25, -0.2) is 13.9 Å². The molecule has 134 valence electrons. The fraction of sp³-hybridized carbons (Fsp3) is 0.353. The lowest BCUT2D eigenvalue weighted by Gasteiger charge is -2.15. The van der Waals surface area contributed by atoms with Crippen LogP contribution in [-0.4, -0.2) is 27.5 Å². The third-order valence-electron chi connectivity index (χ3n) is 3.52. The van der Waals surface area contributed by atoms with Crippen LogP contribution in [0.25, 0.3) is 0 Å². The van der Waals surface area contributed by atoms with Gasteiger partial charge in [0.2, 0.25) is 0 Å². The standard InChI is InChI=1S/C17H18ClFN2O4/c1-4-25-17(24)13-15(22)14(9(2)3)20-21(16(13)23)8-10-5-6-11(18)7-12(10)19/h5-7,9,22H,4,8H2,1-3H3. The van der Waals surface area contributed by atoms with Crippen LogP contribution in [0.2, 0.25) is 5.02 Å². The molecule has 25 heavy (non-hydrogen) atoms. The first-order valence-corrected chi connectivity index (χ1v) is 8.09. The van der Waals surface area contributed by atoms with Gasteiger partial charge in [-0.3, -0.25) is 4.79 Å². The smallest absolute Gasteiger partial charge is 0.347 e. The molecule has 0 aliphatic rings. The Hall–Kier alpha value is -2.41. The zero-order chi connectivity index (χ0) is 18.7. The molecule has 0 aliphatic carbocycles. The maximum atomic E-state index is 14.0. The predicted octanol–water partition coefficient (Wildman–Crippen LogP) is 3.09. The van der Waals surface area contributed by atoms with Gasteiger partial charge in [0.05, 0.1) is 13.2 Å². The van der Waals surface area contributed by atoms with E-state index in [1.54, 1.807) is 20.8 Å². The molecule has 0 radical (unpaired) electrons. The summed E-state index contributed by atoms with van der Waals surface area (Å²) in [6.07, 6.45) is 0. The van der Waals surface area contributed by atoms with E-state index in [4.69, 9.17) is 16.3 Å². The number of aromatic nitrogens is 2. The van der Waals surface area contributed by atoms with Gasteiger partial charge in [0.15, 0.2) is 11.3 Å². The normalized spacial score (nSPS) is 11.0. The number of halogens is 2. The summed E-state index contributed by atoms with van der Waals surface area (Å²) in [4.78, 5) is 24.6. The van der Waals surface area contributed by atoms with Crippen molar-refractivity contribution in [2.45, 2.75) is 33.2 Å². The summed E-state index contributed by atoms with van der Waals surface area (Å²) in [5.41, 5.74) is -1.03. The molecule has 0 spiro atoms. The number of nitrogens with zero attached hydrogens (tertiary/aromatic N) is 2. The summed E-state index contributed by atoms with van der Waals surface area (Å²) in [7, 11) is 0. The number of benzene rings is 1. The quantitative estimate of drug-likeness (QED) is 0.820. The van der Waals surface area contributed by atoms with Crippen molar-refractivity contribution >= 4 is 17.6 Å². The Labute approximate surface area is 148 Å². The van der Waals surface area contributed by atoms with Gasteiger partial charge in [0.1, 0.15) is 11.5 Å². The highest BCUT2D eigenvalue weighted by molar-refractivity contribution is 6.30. The second-order valence-electron chi connectivity index (χ2n) is 5.68. The zero-order valence-electron chi connectivity index (χ0n) is 14.0. The lowest BCUT2D eigenvalue weighted by Crippen LogP contribution is -2.31. The molecule has 0 aliphatic heterocycles. The van der Waals surface area contributed by atoms with Gasteiger partial charge in [-0.15, -0.1) is 0 Å². The van der Waals surface area contributed by atoms with E-state index < -0.39 is 28.7 Å². The summed E-state index contributed by atoms with van der Waals surface area (Å²) in [5.74, 6) is -2.32. The fourth-order valence-electron chi connectivity index (χ4n) is 2.28. The first-order valence-electron chi connectivity index (χ1n) is 7.71. The highest BCUT2D eigenvalue weighted by Crippen LogP contribution is 2.25. The molecular formula is C17H18ClFN2O4. The molecule has 1 aromatic heterocycles. The number of carbonyl (C=O) groups is 1. The highest BCUT2D eigenvalue weighted by Gasteiger charge is 2.25. The van der Waals surface area contributed by atoms with Crippen molar-refractivity contribution in [1.29, 1.82) is 0 Å². The van der Waals surface area contributed by atoms with Gasteiger partial charge in [-0.2, -0.15) is 5.10 Å². The van der Waals surface area contributed by atoms with Crippen molar-refractivity contribution in [2.24, 2.45) is 0 Å². The van der Waals surface area contributed by atoms with Crippen LogP contribution in [0.4, 0.5) is 4.39 Å². The Morgan fingerprint density at radius 1 is 1.44 bits per heavy atom. The molecule has 1 aromatic carbocycles. The third-order valence-corrected chi connectivity index (χ3v) is 3.75. The number of rotatable bonds is 5. The molecule has 0 saturated carbocycles. The lowest BCUT2D eigenvalue weighted by molar-refractivity contribution is 0.0519. The SMILES string of the molecule is CCOC(=O)c1c(O)c(C(C)C)nn(Cc2ccc(Cl)cc2F)c1=O. The van der Waals surface area contributed by atoms with E-state index in [2.05, 4.69) is 5.10 Å². The van der Waals surface area contributed by atoms with Crippen LogP contribution in [0.1, 0.15) is 48.3 Å². The van der Waals surface area contributed by atoms with Crippen molar-refractivity contribution in [2.75, 3.05) is 6.61 Å². The van der Waals surface area contributed by atoms with Crippen LogP contribution in [0.15, 0.2) is 23.0 Å². The summed E-state index contributed by atoms with van der Waals surface area (Å²) in [5, 5.41) is 14.6. The molecule has 2 rings (SSSR count). The summed E-state index contributed by atoms with van der Waals surface area (Å²) < 4.78 is 19.8. The number of hydrogen-bond donors (Lipinski definition) is 1. The molecule has 0 unspecified atom stereocenters. The predicted molar refractivity (Wildman–Crippen MR) is 90.7 cm³/mol. The first-order chi connectivity index (χ1) is 11.8. The minimum Gasteiger partial charge on any atom is -0.505 e. The summed E-state index contributed by atoms with van der Waals surface area (Å²) >= 11 is 5.72. The van der Waals surface area contributed by atoms with Gasteiger partial charge >= 0.3 is 5.97 Å². The fourth-order valence-corrected chi connectivity index (χ4v) is 2.43. The number of carbonyl (C=O) groups excluding carboxylic acids is 1. The molecule has 0 bridgehead atoms. The number of hydrogen-bond acceptors (Lipinski definition) is 5. The van der Waals surface area contributed by atoms with E-state index in [-0.39, 0.29) is 35.3 Å². The average molecular weight is 369 g/mol. The number of ether oxygens (including phenoxy) is 1. The van der Waals surface area contributed by atoms with Crippen molar-refractivity contribution in [3.8, 4) is 5.75 Å². The maximum Gasteiger partial charge on any atom is 0.347 e. The third kappa shape index (κ3) is 3.99. The van der Waals surface area contributed by atoms with Gasteiger partial charge in [-0.1, -0.05) is 31.5 Å². The van der Waals surface area contributed by atoms with E-state index in [9.17, 15) is 19.1 Å². The highest BCUT2D eigenvalue weighted by atomic mass is 35.5. The van der Waals surface area contributed by atoms with Gasteiger partial charge in [0, 0.05) is 16.5 Å². The molecule has 0 saturated heterocycles. The van der Waals surface area contributed by atoms with Crippen LogP contribution >= 0.6 is 11.6 Å². The second kappa shape index (κ2) is 7.65. The largest absolute Gasteiger partial charge is 0.505 e. The van der Waals surface area contributed by atoms with E-state index in [1.807, 2.05) is 0 Å². The first kappa shape index (κ1) is 18.9. The molecule has 1 heterocycles. The van der Waals surface area contributed by atoms with Gasteiger partial charge < -0.3 is 9.84 Å². The van der Waals surface area contributed by atoms with Crippen LogP contribution < -0.4 is 5.56 Å². The molecule has 0 fully saturated rings. The second-order valence-corrected chi connectivity index (χ2v) is 6.12. The van der Waals surface area contributed by atoms with Crippen molar-refractivity contribution in [3.63, 3.8) is 0 Å². The molecule has 1 N–H and O–H groups in total. The van der Waals surface area contributed by atoms with Gasteiger partial charge in [0.25, 0.3) is 5.56 Å². The van der Waals surface area contributed by atoms with Crippen molar-refractivity contribution < 1.29 is 19.0 Å². The van der Waals surface area contributed by atoms with Crippen molar-refractivity contribution in [1.82, 2.24) is 9.78 Å². The van der Waals surface area contributed by atoms with E-state index in [0.717, 1.165) is 10.7 Å². The van der Waals surface area contributed by atoms with Crippen LogP contribution in [-0.2, 0) is 11.3 Å². The Morgan fingerprint density at radius 3 is 2.68 bits per heavy atom. The van der Waals surface area contributed by atoms with E-state index in [1.165, 1.54) is 12.1 Å². The number of aromatic hydroxyl groups is 1. The Kier molecular flexibility index (Phi) is 5.79. The maximum absolute atomic E-state index is 14.0. The van der Waals surface area contributed by atoms with Crippen LogP contribution in [0, 0.1) is 5.82 Å². The molecule has 0 amide bonds. The van der Waals surface area contributed by atoms with Gasteiger partial charge in [-0.05, 0) is 19.1 Å². The van der Waals surface area contributed by atoms with Crippen molar-refractivity contribution in [3.05, 3.63) is 56.2 Å². The molecule has 6 nitrogen and oxygen atoms in total. The van der Waals surface area contributed by atoms with E-state index in [0.29, 0.717) is 0 Å². The molecule has 2 aromatic rings. The van der Waals surface area contributed by atoms with Crippen LogP contribution in [0.5, 0.6) is 5.75 Å². The minimum atomic E-state index is -0.945. The topological polar surface area (TPSA) is 81.4 Å². The molecule has 0 atom stereocenters. The Bertz CT molecular complexity index is 864. The number of esters is 1. The Balaban J connectivity index is 2.61. The summed E-state index contributed by atoms with van der Waals surface area (Å²) in [6.45, 7) is 4.90. The lowest BCUT2D eigenvalue weighted by atomic mass is 10.1. The molecular weight excluding hydrogens is 351 g/mol. The zero-order valence-corrected chi connectivity index (χ0v) is 14.8.